The van der Waals surface area contributed by atoms with Crippen LogP contribution in [0.5, 0.6) is 5.88 Å². The molecule has 2 aromatic rings. The Morgan fingerprint density at radius 2 is 2.18 bits per heavy atom. The van der Waals surface area contributed by atoms with Crippen LogP contribution >= 0.6 is 0 Å². The Kier molecular flexibility index (Phi) is 5.70. The van der Waals surface area contributed by atoms with E-state index in [1.54, 1.807) is 18.2 Å². The van der Waals surface area contributed by atoms with Gasteiger partial charge >= 0.3 is 12.0 Å². The maximum absolute atomic E-state index is 13.3. The molecule has 5 rings (SSSR count). The van der Waals surface area contributed by atoms with Crippen molar-refractivity contribution in [3.63, 3.8) is 0 Å². The average molecular weight is 470 g/mol. The molecule has 12 heteroatoms. The maximum atomic E-state index is 13.3. The molecule has 3 aliphatic rings. The molecule has 2 atom stereocenters. The highest BCUT2D eigenvalue weighted by atomic mass is 16.7. The molecule has 0 aromatic carbocycles. The normalized spacial score (nSPS) is 22.8. The number of aromatic carboxylic acids is 1. The quantitative estimate of drug-likeness (QED) is 0.668. The third-order valence-corrected chi connectivity index (χ3v) is 5.93. The first-order valence-corrected chi connectivity index (χ1v) is 11.2. The highest BCUT2D eigenvalue weighted by molar-refractivity contribution is 6.04. The predicted molar refractivity (Wildman–Crippen MR) is 120 cm³/mol. The third kappa shape index (κ3) is 4.46. The second-order valence-corrected chi connectivity index (χ2v) is 8.87. The van der Waals surface area contributed by atoms with Crippen LogP contribution in [0.25, 0.3) is 0 Å². The molecule has 34 heavy (non-hydrogen) atoms. The Morgan fingerprint density at radius 3 is 2.94 bits per heavy atom. The number of ether oxygens (including phenoxy) is 3. The fourth-order valence-electron chi connectivity index (χ4n) is 4.45. The van der Waals surface area contributed by atoms with Gasteiger partial charge in [-0.25, -0.2) is 19.6 Å². The fraction of sp³-hybridized carbons (Fsp3) is 0.500. The monoisotopic (exact) mass is 470 g/mol. The molecule has 0 spiro atoms. The SMILES string of the molecule is CC1(C)OCC(COc2cccc(NC(=O)N3c4nc(C(=O)O)ncc4N4CCC[C@H]3C4)n2)O1. The summed E-state index contributed by atoms with van der Waals surface area (Å²) in [6.45, 7) is 5.82. The molecule has 2 saturated heterocycles. The topological polar surface area (TPSA) is 139 Å². The number of carbonyl (C=O) groups is 2. The van der Waals surface area contributed by atoms with Crippen molar-refractivity contribution in [2.75, 3.05) is 41.4 Å². The minimum Gasteiger partial charge on any atom is -0.475 e. The average Bonchev–Trinajstić information content (AvgIpc) is 3.16. The van der Waals surface area contributed by atoms with Crippen molar-refractivity contribution >= 4 is 29.3 Å². The molecule has 2 fully saturated rings. The Labute approximate surface area is 195 Å². The number of hydrogen-bond donors (Lipinski definition) is 2. The van der Waals surface area contributed by atoms with Crippen molar-refractivity contribution in [2.45, 2.75) is 44.6 Å². The van der Waals surface area contributed by atoms with E-state index >= 15 is 0 Å². The van der Waals surface area contributed by atoms with Gasteiger partial charge in [0, 0.05) is 19.2 Å². The summed E-state index contributed by atoms with van der Waals surface area (Å²) in [5.74, 6) is -1.31. The standard InChI is InChI=1S/C22H26N6O6/c1-22(2)33-12-14(34-22)11-32-17-7-3-6-16(24-17)25-21(31)28-13-5-4-8-27(10-13)15-9-23-18(20(29)30)26-19(15)28/h3,6-7,9,13-14H,4-5,8,10-12H2,1-2H3,(H,29,30)(H,24,25,31)/t13-,14?/m0/s1. The highest BCUT2D eigenvalue weighted by Gasteiger charge is 2.39. The van der Waals surface area contributed by atoms with Gasteiger partial charge in [0.2, 0.25) is 11.7 Å². The van der Waals surface area contributed by atoms with Gasteiger partial charge in [-0.05, 0) is 32.8 Å². The molecule has 2 bridgehead atoms. The number of nitrogens with one attached hydrogen (secondary N) is 1. The van der Waals surface area contributed by atoms with Gasteiger partial charge in [0.05, 0.1) is 24.5 Å². The van der Waals surface area contributed by atoms with E-state index in [0.717, 1.165) is 19.4 Å². The molecular formula is C22H26N6O6. The van der Waals surface area contributed by atoms with Gasteiger partial charge in [-0.3, -0.25) is 10.2 Å². The third-order valence-electron chi connectivity index (χ3n) is 5.93. The lowest BCUT2D eigenvalue weighted by Gasteiger charge is -2.45. The van der Waals surface area contributed by atoms with Gasteiger partial charge in [-0.2, -0.15) is 4.98 Å². The Bertz CT molecular complexity index is 1110. The van der Waals surface area contributed by atoms with Gasteiger partial charge in [-0.1, -0.05) is 6.07 Å². The Balaban J connectivity index is 1.32. The molecular weight excluding hydrogens is 444 g/mol. The van der Waals surface area contributed by atoms with E-state index in [-0.39, 0.29) is 30.4 Å². The molecule has 2 N–H and O–H groups in total. The van der Waals surface area contributed by atoms with E-state index in [9.17, 15) is 14.7 Å². The number of aromatic nitrogens is 3. The summed E-state index contributed by atoms with van der Waals surface area (Å²) >= 11 is 0. The van der Waals surface area contributed by atoms with Gasteiger partial charge in [0.25, 0.3) is 0 Å². The second kappa shape index (κ2) is 8.69. The minimum absolute atomic E-state index is 0.139. The molecule has 12 nitrogen and oxygen atoms in total. The first kappa shape index (κ1) is 22.3. The lowest BCUT2D eigenvalue weighted by atomic mass is 10.0. The van der Waals surface area contributed by atoms with Crippen LogP contribution in [0, 0.1) is 0 Å². The van der Waals surface area contributed by atoms with Crippen LogP contribution in [0.2, 0.25) is 0 Å². The summed E-state index contributed by atoms with van der Waals surface area (Å²) in [6, 6.07) is 4.49. The van der Waals surface area contributed by atoms with E-state index in [2.05, 4.69) is 25.2 Å². The van der Waals surface area contributed by atoms with E-state index < -0.39 is 17.8 Å². The summed E-state index contributed by atoms with van der Waals surface area (Å²) < 4.78 is 17.0. The van der Waals surface area contributed by atoms with Gasteiger partial charge in [0.15, 0.2) is 11.6 Å². The van der Waals surface area contributed by atoms with Crippen LogP contribution < -0.4 is 19.9 Å². The van der Waals surface area contributed by atoms with Crippen LogP contribution in [0.3, 0.4) is 0 Å². The van der Waals surface area contributed by atoms with Crippen molar-refractivity contribution in [3.05, 3.63) is 30.2 Å². The predicted octanol–water partition coefficient (Wildman–Crippen LogP) is 2.12. The summed E-state index contributed by atoms with van der Waals surface area (Å²) in [5.41, 5.74) is 0.642. The fourth-order valence-corrected chi connectivity index (χ4v) is 4.45. The zero-order valence-electron chi connectivity index (χ0n) is 18.9. The van der Waals surface area contributed by atoms with Crippen LogP contribution in [0.15, 0.2) is 24.4 Å². The van der Waals surface area contributed by atoms with Crippen LogP contribution in [0.4, 0.5) is 22.1 Å². The molecule has 0 saturated carbocycles. The number of carboxylic acid groups (broad SMARTS) is 1. The summed E-state index contributed by atoms with van der Waals surface area (Å²) in [4.78, 5) is 40.9. The molecule has 5 heterocycles. The smallest absolute Gasteiger partial charge is 0.374 e. The number of hydrogen-bond acceptors (Lipinski definition) is 9. The number of pyridine rings is 1. The Morgan fingerprint density at radius 1 is 1.32 bits per heavy atom. The number of carboxylic acids is 1. The lowest BCUT2D eigenvalue weighted by Crippen LogP contribution is -2.56. The largest absolute Gasteiger partial charge is 0.475 e. The van der Waals surface area contributed by atoms with Crippen molar-refractivity contribution in [1.29, 1.82) is 0 Å². The summed E-state index contributed by atoms with van der Waals surface area (Å²) in [5, 5.41) is 12.1. The zero-order valence-corrected chi connectivity index (χ0v) is 18.9. The molecule has 3 aliphatic heterocycles. The van der Waals surface area contributed by atoms with E-state index in [1.807, 2.05) is 13.8 Å². The summed E-state index contributed by atoms with van der Waals surface area (Å²) in [6.07, 6.45) is 2.94. The molecule has 0 aliphatic carbocycles. The molecule has 2 aromatic heterocycles. The van der Waals surface area contributed by atoms with E-state index in [4.69, 9.17) is 14.2 Å². The number of fused-ring (bicyclic) bond motifs is 4. The number of anilines is 3. The minimum atomic E-state index is -1.25. The first-order chi connectivity index (χ1) is 16.3. The first-order valence-electron chi connectivity index (χ1n) is 11.2. The second-order valence-electron chi connectivity index (χ2n) is 8.87. The van der Waals surface area contributed by atoms with Crippen molar-refractivity contribution in [1.82, 2.24) is 15.0 Å². The van der Waals surface area contributed by atoms with Gasteiger partial charge < -0.3 is 24.2 Å². The Hall–Kier alpha value is -3.51. The number of nitrogens with zero attached hydrogens (tertiary/aromatic N) is 5. The van der Waals surface area contributed by atoms with Crippen molar-refractivity contribution in [2.24, 2.45) is 0 Å². The molecule has 0 radical (unpaired) electrons. The lowest BCUT2D eigenvalue weighted by molar-refractivity contribution is -0.141. The number of piperidine rings is 1. The number of rotatable bonds is 5. The van der Waals surface area contributed by atoms with Crippen LogP contribution in [0.1, 0.15) is 37.3 Å². The number of urea groups is 1. The zero-order chi connectivity index (χ0) is 23.9. The molecule has 1 unspecified atom stereocenters. The van der Waals surface area contributed by atoms with Crippen molar-refractivity contribution < 1.29 is 28.9 Å². The van der Waals surface area contributed by atoms with Crippen LogP contribution in [-0.4, -0.2) is 76.3 Å². The highest BCUT2D eigenvalue weighted by Crippen LogP contribution is 2.37. The van der Waals surface area contributed by atoms with Gasteiger partial charge in [-0.15, -0.1) is 0 Å². The molecule has 180 valence electrons. The van der Waals surface area contributed by atoms with Crippen molar-refractivity contribution in [3.8, 4) is 5.88 Å². The van der Waals surface area contributed by atoms with Gasteiger partial charge in [0.1, 0.15) is 18.5 Å². The maximum Gasteiger partial charge on any atom is 0.374 e. The molecule has 2 amide bonds. The van der Waals surface area contributed by atoms with E-state index in [1.165, 1.54) is 11.1 Å². The van der Waals surface area contributed by atoms with E-state index in [0.29, 0.717) is 30.5 Å². The number of carbonyl (C=O) groups excluding carboxylic acids is 1. The number of amides is 2. The van der Waals surface area contributed by atoms with Crippen LogP contribution in [-0.2, 0) is 9.47 Å². The summed E-state index contributed by atoms with van der Waals surface area (Å²) in [7, 11) is 0.